The van der Waals surface area contributed by atoms with Gasteiger partial charge in [0.05, 0.1) is 0 Å². The number of hydrogen-bond donors (Lipinski definition) is 1. The van der Waals surface area contributed by atoms with Crippen LogP contribution in [0.15, 0.2) is 36.0 Å². The summed E-state index contributed by atoms with van der Waals surface area (Å²) >= 11 is 5.87. The zero-order chi connectivity index (χ0) is 15.2. The average Bonchev–Trinajstić information content (AvgIpc) is 2.44. The molecule has 21 heavy (non-hydrogen) atoms. The highest BCUT2D eigenvalue weighted by atomic mass is 35.5. The van der Waals surface area contributed by atoms with Gasteiger partial charge >= 0.3 is 0 Å². The van der Waals surface area contributed by atoms with Crippen LogP contribution in [-0.4, -0.2) is 23.9 Å². The van der Waals surface area contributed by atoms with E-state index in [1.165, 1.54) is 6.42 Å². The number of anilines is 1. The number of nitriles is 1. The Morgan fingerprint density at radius 3 is 3.05 bits per heavy atom. The first-order valence-electron chi connectivity index (χ1n) is 7.01. The van der Waals surface area contributed by atoms with Gasteiger partial charge in [-0.25, -0.2) is 0 Å². The standard InChI is InChI=1S/C16H18ClN3O/c1-12-4-3-7-20(10-12)11-13(9-18)16(21)19-15-6-2-5-14(17)8-15/h2,5-6,8,11-12H,3-4,7,10H2,1H3,(H,19,21). The van der Waals surface area contributed by atoms with E-state index in [1.807, 2.05) is 11.0 Å². The van der Waals surface area contributed by atoms with Crippen LogP contribution in [0.1, 0.15) is 19.8 Å². The van der Waals surface area contributed by atoms with E-state index in [9.17, 15) is 10.1 Å². The van der Waals surface area contributed by atoms with Gasteiger partial charge in [-0.1, -0.05) is 24.6 Å². The molecule has 1 aromatic carbocycles. The number of amides is 1. The van der Waals surface area contributed by atoms with Gasteiger partial charge in [0.25, 0.3) is 5.91 Å². The van der Waals surface area contributed by atoms with Crippen LogP contribution in [-0.2, 0) is 4.79 Å². The average molecular weight is 304 g/mol. The van der Waals surface area contributed by atoms with Gasteiger partial charge in [-0.2, -0.15) is 5.26 Å². The maximum atomic E-state index is 12.1. The molecular formula is C16H18ClN3O. The van der Waals surface area contributed by atoms with Gasteiger partial charge < -0.3 is 10.2 Å². The van der Waals surface area contributed by atoms with E-state index in [2.05, 4.69) is 12.2 Å². The summed E-state index contributed by atoms with van der Waals surface area (Å²) in [7, 11) is 0. The zero-order valence-electron chi connectivity index (χ0n) is 12.0. The van der Waals surface area contributed by atoms with Crippen molar-refractivity contribution in [3.63, 3.8) is 0 Å². The van der Waals surface area contributed by atoms with Gasteiger partial charge in [-0.3, -0.25) is 4.79 Å². The molecule has 0 aromatic heterocycles. The van der Waals surface area contributed by atoms with Crippen molar-refractivity contribution in [3.05, 3.63) is 41.1 Å². The topological polar surface area (TPSA) is 56.1 Å². The molecule has 0 radical (unpaired) electrons. The van der Waals surface area contributed by atoms with Crippen molar-refractivity contribution in [1.29, 1.82) is 5.26 Å². The molecule has 1 heterocycles. The van der Waals surface area contributed by atoms with Crippen LogP contribution in [0.4, 0.5) is 5.69 Å². The number of nitrogens with zero attached hydrogens (tertiary/aromatic N) is 2. The summed E-state index contributed by atoms with van der Waals surface area (Å²) in [5.74, 6) is 0.184. The van der Waals surface area contributed by atoms with Crippen molar-refractivity contribution < 1.29 is 4.79 Å². The molecule has 1 atom stereocenters. The van der Waals surface area contributed by atoms with Crippen molar-refractivity contribution in [2.75, 3.05) is 18.4 Å². The Balaban J connectivity index is 2.06. The van der Waals surface area contributed by atoms with Crippen LogP contribution < -0.4 is 5.32 Å². The van der Waals surface area contributed by atoms with E-state index >= 15 is 0 Å². The molecule has 0 bridgehead atoms. The number of hydrogen-bond acceptors (Lipinski definition) is 3. The van der Waals surface area contributed by atoms with Gasteiger partial charge in [-0.05, 0) is 37.0 Å². The summed E-state index contributed by atoms with van der Waals surface area (Å²) in [6.45, 7) is 3.95. The Bertz CT molecular complexity index is 591. The molecular weight excluding hydrogens is 286 g/mol. The second-order valence-electron chi connectivity index (χ2n) is 5.36. The zero-order valence-corrected chi connectivity index (χ0v) is 12.7. The second-order valence-corrected chi connectivity index (χ2v) is 5.80. The van der Waals surface area contributed by atoms with E-state index < -0.39 is 5.91 Å². The van der Waals surface area contributed by atoms with Gasteiger partial charge in [0.15, 0.2) is 0 Å². The minimum Gasteiger partial charge on any atom is -0.376 e. The molecule has 1 amide bonds. The summed E-state index contributed by atoms with van der Waals surface area (Å²) in [5.41, 5.74) is 0.699. The second kappa shape index (κ2) is 7.14. The van der Waals surface area contributed by atoms with Crippen LogP contribution in [0.3, 0.4) is 0 Å². The normalized spacial score (nSPS) is 19.0. The van der Waals surface area contributed by atoms with Crippen molar-refractivity contribution in [3.8, 4) is 6.07 Å². The number of carbonyl (C=O) groups is 1. The van der Waals surface area contributed by atoms with Crippen LogP contribution >= 0.6 is 11.6 Å². The van der Waals surface area contributed by atoms with E-state index in [-0.39, 0.29) is 5.57 Å². The molecule has 1 fully saturated rings. The minimum atomic E-state index is -0.405. The first-order valence-corrected chi connectivity index (χ1v) is 7.39. The summed E-state index contributed by atoms with van der Waals surface area (Å²) in [4.78, 5) is 14.2. The Kier molecular flexibility index (Phi) is 5.24. The van der Waals surface area contributed by atoms with E-state index in [1.54, 1.807) is 30.5 Å². The molecule has 1 aliphatic heterocycles. The number of carbonyl (C=O) groups excluding carboxylic acids is 1. The number of halogens is 1. The number of nitrogens with one attached hydrogen (secondary N) is 1. The molecule has 0 saturated carbocycles. The van der Waals surface area contributed by atoms with E-state index in [0.29, 0.717) is 16.6 Å². The molecule has 5 heteroatoms. The molecule has 4 nitrogen and oxygen atoms in total. The van der Waals surface area contributed by atoms with Crippen molar-refractivity contribution in [1.82, 2.24) is 4.90 Å². The van der Waals surface area contributed by atoms with Crippen LogP contribution in [0.25, 0.3) is 0 Å². The van der Waals surface area contributed by atoms with Crippen LogP contribution in [0.5, 0.6) is 0 Å². The predicted molar refractivity (Wildman–Crippen MR) is 83.7 cm³/mol. The monoisotopic (exact) mass is 303 g/mol. The molecule has 2 rings (SSSR count). The van der Waals surface area contributed by atoms with Gasteiger partial charge in [0.2, 0.25) is 0 Å². The fourth-order valence-corrected chi connectivity index (χ4v) is 2.62. The van der Waals surface area contributed by atoms with Gasteiger partial charge in [0.1, 0.15) is 11.6 Å². The molecule has 1 aliphatic rings. The highest BCUT2D eigenvalue weighted by molar-refractivity contribution is 6.31. The SMILES string of the molecule is CC1CCCN(C=C(C#N)C(=O)Nc2cccc(Cl)c2)C1. The quantitative estimate of drug-likeness (QED) is 0.687. The smallest absolute Gasteiger partial charge is 0.267 e. The minimum absolute atomic E-state index is 0.115. The lowest BCUT2D eigenvalue weighted by Crippen LogP contribution is -2.31. The van der Waals surface area contributed by atoms with Crippen molar-refractivity contribution in [2.45, 2.75) is 19.8 Å². The van der Waals surface area contributed by atoms with Gasteiger partial charge in [-0.15, -0.1) is 0 Å². The predicted octanol–water partition coefficient (Wildman–Crippen LogP) is 3.42. The Hall–Kier alpha value is -1.99. The molecule has 0 aliphatic carbocycles. The Labute approximate surface area is 130 Å². The lowest BCUT2D eigenvalue weighted by atomic mass is 10.0. The number of likely N-dealkylation sites (tertiary alicyclic amines) is 1. The fraction of sp³-hybridized carbons (Fsp3) is 0.375. The molecule has 1 unspecified atom stereocenters. The molecule has 1 saturated heterocycles. The summed E-state index contributed by atoms with van der Waals surface area (Å²) < 4.78 is 0. The molecule has 1 aromatic rings. The third-order valence-electron chi connectivity index (χ3n) is 3.45. The summed E-state index contributed by atoms with van der Waals surface area (Å²) in [6.07, 6.45) is 3.95. The largest absolute Gasteiger partial charge is 0.376 e. The third kappa shape index (κ3) is 4.51. The first-order chi connectivity index (χ1) is 10.1. The Morgan fingerprint density at radius 2 is 2.38 bits per heavy atom. The third-order valence-corrected chi connectivity index (χ3v) is 3.68. The first kappa shape index (κ1) is 15.4. The summed E-state index contributed by atoms with van der Waals surface area (Å²) in [5, 5.41) is 12.4. The van der Waals surface area contributed by atoms with Gasteiger partial charge in [0, 0.05) is 30.0 Å². The Morgan fingerprint density at radius 1 is 1.57 bits per heavy atom. The number of rotatable bonds is 3. The fourth-order valence-electron chi connectivity index (χ4n) is 2.43. The van der Waals surface area contributed by atoms with Crippen molar-refractivity contribution in [2.24, 2.45) is 5.92 Å². The summed E-state index contributed by atoms with van der Waals surface area (Å²) in [6, 6.07) is 8.84. The van der Waals surface area contributed by atoms with Crippen LogP contribution in [0.2, 0.25) is 5.02 Å². The molecule has 110 valence electrons. The lowest BCUT2D eigenvalue weighted by Gasteiger charge is -2.29. The van der Waals surface area contributed by atoms with E-state index in [4.69, 9.17) is 11.6 Å². The highest BCUT2D eigenvalue weighted by Crippen LogP contribution is 2.18. The number of benzene rings is 1. The maximum Gasteiger partial charge on any atom is 0.267 e. The molecule has 0 spiro atoms. The maximum absolute atomic E-state index is 12.1. The van der Waals surface area contributed by atoms with Crippen LogP contribution in [0, 0.1) is 17.2 Å². The van der Waals surface area contributed by atoms with E-state index in [0.717, 1.165) is 19.5 Å². The highest BCUT2D eigenvalue weighted by Gasteiger charge is 2.16. The number of piperidine rings is 1. The molecule has 1 N–H and O–H groups in total. The lowest BCUT2D eigenvalue weighted by molar-refractivity contribution is -0.112. The van der Waals surface area contributed by atoms with Crippen molar-refractivity contribution >= 4 is 23.2 Å².